The van der Waals surface area contributed by atoms with E-state index >= 15 is 0 Å². The van der Waals surface area contributed by atoms with E-state index in [2.05, 4.69) is 61.3 Å². The number of likely N-dealkylation sites (N-methyl/N-ethyl adjacent to an activating group) is 2. The van der Waals surface area contributed by atoms with Crippen molar-refractivity contribution in [2.45, 2.75) is 0 Å². The van der Waals surface area contributed by atoms with Crippen molar-refractivity contribution in [2.75, 3.05) is 37.0 Å². The van der Waals surface area contributed by atoms with Crippen LogP contribution >= 0.6 is 0 Å². The minimum atomic E-state index is 0.783. The Kier molecular flexibility index (Phi) is 5.42. The fourth-order valence-electron chi connectivity index (χ4n) is 2.34. The van der Waals surface area contributed by atoms with E-state index in [1.54, 1.807) is 0 Å². The molecule has 0 spiro atoms. The van der Waals surface area contributed by atoms with Crippen LogP contribution in [0.25, 0.3) is 0 Å². The molecule has 0 bridgehead atoms. The quantitative estimate of drug-likeness (QED) is 0.699. The van der Waals surface area contributed by atoms with Crippen LogP contribution in [0.3, 0.4) is 0 Å². The number of anilines is 2. The summed E-state index contributed by atoms with van der Waals surface area (Å²) >= 11 is 0. The van der Waals surface area contributed by atoms with Gasteiger partial charge in [0.1, 0.15) is 0 Å². The molecule has 0 heterocycles. The molecule has 22 heavy (non-hydrogen) atoms. The van der Waals surface area contributed by atoms with Gasteiger partial charge in [-0.3, -0.25) is 0 Å². The van der Waals surface area contributed by atoms with Crippen LogP contribution < -0.4 is 9.80 Å². The van der Waals surface area contributed by atoms with Crippen LogP contribution in [0.5, 0.6) is 0 Å². The van der Waals surface area contributed by atoms with Gasteiger partial charge >= 0.3 is 0 Å². The summed E-state index contributed by atoms with van der Waals surface area (Å²) in [5.74, 6) is 0. The highest BCUT2D eigenvalue weighted by molar-refractivity contribution is 5.50. The second-order valence-electron chi connectivity index (χ2n) is 5.59. The summed E-state index contributed by atoms with van der Waals surface area (Å²) in [6.45, 7) is 9.96. The lowest BCUT2D eigenvalue weighted by Gasteiger charge is -2.25. The van der Waals surface area contributed by atoms with Crippen molar-refractivity contribution in [3.8, 4) is 0 Å². The molecule has 0 aliphatic heterocycles. The molecule has 0 N–H and O–H groups in total. The molecule has 2 heteroatoms. The Hall–Kier alpha value is -2.48. The van der Waals surface area contributed by atoms with Crippen LogP contribution in [0.4, 0.5) is 11.4 Å². The molecule has 2 aromatic carbocycles. The van der Waals surface area contributed by atoms with Crippen molar-refractivity contribution >= 4 is 11.4 Å². The molecule has 0 amide bonds. The van der Waals surface area contributed by atoms with Crippen molar-refractivity contribution in [2.24, 2.45) is 0 Å². The molecule has 114 valence electrons. The van der Waals surface area contributed by atoms with Gasteiger partial charge in [-0.15, -0.1) is 0 Å². The van der Waals surface area contributed by atoms with E-state index in [0.717, 1.165) is 24.2 Å². The van der Waals surface area contributed by atoms with Crippen LogP contribution in [-0.2, 0) is 0 Å². The Bertz CT molecular complexity index is 559. The average Bonchev–Trinajstić information content (AvgIpc) is 2.56. The van der Waals surface area contributed by atoms with Gasteiger partial charge in [0.2, 0.25) is 0 Å². The first kappa shape index (κ1) is 15.9. The summed E-state index contributed by atoms with van der Waals surface area (Å²) in [7, 11) is 4.16. The molecule has 0 saturated carbocycles. The highest BCUT2D eigenvalue weighted by Gasteiger charge is 2.08. The molecule has 0 aliphatic rings. The highest BCUT2D eigenvalue weighted by atomic mass is 15.1. The fourth-order valence-corrected chi connectivity index (χ4v) is 2.34. The molecule has 0 saturated heterocycles. The van der Waals surface area contributed by atoms with E-state index < -0.39 is 0 Å². The van der Waals surface area contributed by atoms with Crippen molar-refractivity contribution < 1.29 is 0 Å². The number of rotatable bonds is 7. The third kappa shape index (κ3) is 4.26. The van der Waals surface area contributed by atoms with E-state index in [-0.39, 0.29) is 0 Å². The van der Waals surface area contributed by atoms with Gasteiger partial charge in [0.25, 0.3) is 0 Å². The van der Waals surface area contributed by atoms with Crippen molar-refractivity contribution in [1.29, 1.82) is 0 Å². The molecule has 0 fully saturated rings. The SMILES string of the molecule is C=C(CN(C)c1ccccc1)C(=C)CN(C)c1ccccc1. The van der Waals surface area contributed by atoms with Gasteiger partial charge in [-0.1, -0.05) is 49.6 Å². The van der Waals surface area contributed by atoms with Gasteiger partial charge in [0.15, 0.2) is 0 Å². The molecule has 2 aromatic rings. The predicted octanol–water partition coefficient (Wildman–Crippen LogP) is 4.37. The Morgan fingerprint density at radius 3 is 1.32 bits per heavy atom. The smallest absolute Gasteiger partial charge is 0.0423 e. The first-order valence-corrected chi connectivity index (χ1v) is 7.46. The number of hydrogen-bond acceptors (Lipinski definition) is 2. The fraction of sp³-hybridized carbons (Fsp3) is 0.200. The number of benzene rings is 2. The summed E-state index contributed by atoms with van der Waals surface area (Å²) in [6, 6.07) is 20.7. The highest BCUT2D eigenvalue weighted by Crippen LogP contribution is 2.18. The molecular weight excluding hydrogens is 268 g/mol. The third-order valence-corrected chi connectivity index (χ3v) is 3.75. The summed E-state index contributed by atoms with van der Waals surface area (Å²) in [5, 5.41) is 0. The second-order valence-corrected chi connectivity index (χ2v) is 5.59. The zero-order valence-electron chi connectivity index (χ0n) is 13.5. The molecular formula is C20H24N2. The number of nitrogens with zero attached hydrogens (tertiary/aromatic N) is 2. The molecule has 2 nitrogen and oxygen atoms in total. The number of para-hydroxylation sites is 2. The number of hydrogen-bond donors (Lipinski definition) is 0. The maximum absolute atomic E-state index is 4.20. The average molecular weight is 292 g/mol. The first-order chi connectivity index (χ1) is 10.6. The Morgan fingerprint density at radius 2 is 1.00 bits per heavy atom. The zero-order valence-corrected chi connectivity index (χ0v) is 13.5. The molecule has 0 unspecified atom stereocenters. The summed E-state index contributed by atoms with van der Waals surface area (Å²) in [6.07, 6.45) is 0. The minimum Gasteiger partial charge on any atom is -0.370 e. The lowest BCUT2D eigenvalue weighted by atomic mass is 10.1. The molecule has 2 rings (SSSR count). The standard InChI is InChI=1S/C20H24N2/c1-17(15-21(3)19-11-7-5-8-12-19)18(2)16-22(4)20-13-9-6-10-14-20/h5-14H,1-2,15-16H2,3-4H3. The van der Waals surface area contributed by atoms with Crippen LogP contribution in [0.15, 0.2) is 85.0 Å². The van der Waals surface area contributed by atoms with Crippen LogP contribution in [-0.4, -0.2) is 27.2 Å². The van der Waals surface area contributed by atoms with Crippen molar-refractivity contribution in [1.82, 2.24) is 0 Å². The lowest BCUT2D eigenvalue weighted by Crippen LogP contribution is -2.25. The van der Waals surface area contributed by atoms with Crippen molar-refractivity contribution in [3.05, 3.63) is 85.0 Å². The van der Waals surface area contributed by atoms with E-state index in [9.17, 15) is 0 Å². The van der Waals surface area contributed by atoms with Crippen LogP contribution in [0, 0.1) is 0 Å². The predicted molar refractivity (Wildman–Crippen MR) is 97.7 cm³/mol. The Labute approximate surface area is 134 Å². The zero-order chi connectivity index (χ0) is 15.9. The molecule has 0 aromatic heterocycles. The van der Waals surface area contributed by atoms with E-state index in [1.165, 1.54) is 11.4 Å². The maximum atomic E-state index is 4.20. The van der Waals surface area contributed by atoms with Gasteiger partial charge in [-0.25, -0.2) is 0 Å². The summed E-state index contributed by atoms with van der Waals surface area (Å²) in [4.78, 5) is 4.38. The second kappa shape index (κ2) is 7.51. The Morgan fingerprint density at radius 1 is 0.682 bits per heavy atom. The minimum absolute atomic E-state index is 0.783. The lowest BCUT2D eigenvalue weighted by molar-refractivity contribution is 0.943. The third-order valence-electron chi connectivity index (χ3n) is 3.75. The summed E-state index contributed by atoms with van der Waals surface area (Å²) < 4.78 is 0. The first-order valence-electron chi connectivity index (χ1n) is 7.46. The van der Waals surface area contributed by atoms with E-state index in [1.807, 2.05) is 36.4 Å². The van der Waals surface area contributed by atoms with Gasteiger partial charge in [0.05, 0.1) is 0 Å². The van der Waals surface area contributed by atoms with Gasteiger partial charge in [-0.05, 0) is 35.4 Å². The van der Waals surface area contributed by atoms with E-state index in [0.29, 0.717) is 0 Å². The van der Waals surface area contributed by atoms with Gasteiger partial charge < -0.3 is 9.80 Å². The normalized spacial score (nSPS) is 10.1. The Balaban J connectivity index is 1.91. The topological polar surface area (TPSA) is 6.48 Å². The van der Waals surface area contributed by atoms with Crippen LogP contribution in [0.2, 0.25) is 0 Å². The van der Waals surface area contributed by atoms with Crippen molar-refractivity contribution in [3.63, 3.8) is 0 Å². The van der Waals surface area contributed by atoms with Gasteiger partial charge in [0, 0.05) is 38.6 Å². The molecule has 0 aliphatic carbocycles. The maximum Gasteiger partial charge on any atom is 0.0423 e. The molecule has 0 atom stereocenters. The largest absolute Gasteiger partial charge is 0.370 e. The van der Waals surface area contributed by atoms with Gasteiger partial charge in [-0.2, -0.15) is 0 Å². The van der Waals surface area contributed by atoms with E-state index in [4.69, 9.17) is 0 Å². The van der Waals surface area contributed by atoms with Crippen LogP contribution in [0.1, 0.15) is 0 Å². The monoisotopic (exact) mass is 292 g/mol. The summed E-state index contributed by atoms with van der Waals surface area (Å²) in [5.41, 5.74) is 4.50. The molecule has 0 radical (unpaired) electrons.